The molecule has 0 radical (unpaired) electrons. The molecule has 4 heteroatoms. The minimum Gasteiger partial charge on any atom is -0.478 e. The fourth-order valence-corrected chi connectivity index (χ4v) is 3.96. The van der Waals surface area contributed by atoms with Gasteiger partial charge in [-0.2, -0.15) is 0 Å². The summed E-state index contributed by atoms with van der Waals surface area (Å²) < 4.78 is 0. The number of benzene rings is 2. The number of carbonyl (C=O) groups is 2. The van der Waals surface area contributed by atoms with E-state index in [-0.39, 0.29) is 16.9 Å². The Morgan fingerprint density at radius 3 is 2.31 bits per heavy atom. The van der Waals surface area contributed by atoms with Gasteiger partial charge in [-0.3, -0.25) is 4.79 Å². The van der Waals surface area contributed by atoms with Gasteiger partial charge in [0, 0.05) is 18.4 Å². The second-order valence-electron chi connectivity index (χ2n) is 7.09. The normalized spacial score (nSPS) is 15.5. The van der Waals surface area contributed by atoms with E-state index in [0.29, 0.717) is 24.9 Å². The zero-order valence-electron chi connectivity index (χ0n) is 14.9. The number of aryl methyl sites for hydroxylation is 1. The van der Waals surface area contributed by atoms with Crippen LogP contribution in [0.1, 0.15) is 53.6 Å². The maximum absolute atomic E-state index is 12.4. The first-order valence-electron chi connectivity index (χ1n) is 9.24. The Labute approximate surface area is 154 Å². The quantitative estimate of drug-likeness (QED) is 0.794. The Balaban J connectivity index is 1.59. The van der Waals surface area contributed by atoms with Crippen LogP contribution in [0.25, 0.3) is 0 Å². The zero-order chi connectivity index (χ0) is 18.4. The third-order valence-corrected chi connectivity index (χ3v) is 5.44. The molecule has 1 saturated carbocycles. The van der Waals surface area contributed by atoms with Gasteiger partial charge in [0.1, 0.15) is 0 Å². The first-order chi connectivity index (χ1) is 12.6. The SMILES string of the molecule is O=C(CCc1ccccc1C(=O)O)NCC1(c2ccccc2)CCCC1. The Hall–Kier alpha value is -2.62. The number of carbonyl (C=O) groups excluding carboxylic acids is 1. The summed E-state index contributed by atoms with van der Waals surface area (Å²) in [5.41, 5.74) is 2.32. The van der Waals surface area contributed by atoms with E-state index < -0.39 is 5.97 Å². The van der Waals surface area contributed by atoms with Gasteiger partial charge in [-0.15, -0.1) is 0 Å². The van der Waals surface area contributed by atoms with Gasteiger partial charge in [-0.25, -0.2) is 4.79 Å². The van der Waals surface area contributed by atoms with Gasteiger partial charge in [0.15, 0.2) is 0 Å². The summed E-state index contributed by atoms with van der Waals surface area (Å²) >= 11 is 0. The molecule has 0 saturated heterocycles. The molecule has 0 aliphatic heterocycles. The van der Waals surface area contributed by atoms with Crippen molar-refractivity contribution in [1.29, 1.82) is 0 Å². The molecule has 0 heterocycles. The number of hydrogen-bond acceptors (Lipinski definition) is 2. The van der Waals surface area contributed by atoms with Crippen LogP contribution in [0.4, 0.5) is 0 Å². The molecule has 1 fully saturated rings. The van der Waals surface area contributed by atoms with Crippen LogP contribution in [0.3, 0.4) is 0 Å². The van der Waals surface area contributed by atoms with Crippen LogP contribution in [0, 0.1) is 0 Å². The summed E-state index contributed by atoms with van der Waals surface area (Å²) in [6, 6.07) is 17.3. The molecule has 0 spiro atoms. The average molecular weight is 351 g/mol. The highest BCUT2D eigenvalue weighted by atomic mass is 16.4. The molecule has 0 aromatic heterocycles. The van der Waals surface area contributed by atoms with Crippen LogP contribution >= 0.6 is 0 Å². The topological polar surface area (TPSA) is 66.4 Å². The predicted molar refractivity (Wildman–Crippen MR) is 101 cm³/mol. The van der Waals surface area contributed by atoms with Crippen molar-refractivity contribution in [3.05, 3.63) is 71.3 Å². The molecule has 26 heavy (non-hydrogen) atoms. The smallest absolute Gasteiger partial charge is 0.335 e. The second-order valence-corrected chi connectivity index (χ2v) is 7.09. The number of carboxylic acids is 1. The van der Waals surface area contributed by atoms with Crippen molar-refractivity contribution in [1.82, 2.24) is 5.32 Å². The summed E-state index contributed by atoms with van der Waals surface area (Å²) in [4.78, 5) is 23.6. The fraction of sp³-hybridized carbons (Fsp3) is 0.364. The molecular formula is C22H25NO3. The molecule has 136 valence electrons. The predicted octanol–water partition coefficient (Wildman–Crippen LogP) is 3.95. The Kier molecular flexibility index (Phi) is 5.71. The lowest BCUT2D eigenvalue weighted by molar-refractivity contribution is -0.121. The van der Waals surface area contributed by atoms with E-state index in [9.17, 15) is 14.7 Å². The monoisotopic (exact) mass is 351 g/mol. The number of hydrogen-bond donors (Lipinski definition) is 2. The first kappa shape index (κ1) is 18.2. The lowest BCUT2D eigenvalue weighted by Gasteiger charge is -2.30. The van der Waals surface area contributed by atoms with Gasteiger partial charge < -0.3 is 10.4 Å². The van der Waals surface area contributed by atoms with Gasteiger partial charge in [0.2, 0.25) is 5.91 Å². The number of rotatable bonds is 7. The Morgan fingerprint density at radius 2 is 1.62 bits per heavy atom. The van der Waals surface area contributed by atoms with E-state index in [1.165, 1.54) is 18.4 Å². The molecule has 2 aromatic carbocycles. The second kappa shape index (κ2) is 8.17. The van der Waals surface area contributed by atoms with E-state index in [4.69, 9.17) is 0 Å². The molecule has 4 nitrogen and oxygen atoms in total. The maximum atomic E-state index is 12.4. The van der Waals surface area contributed by atoms with Crippen molar-refractivity contribution in [2.24, 2.45) is 0 Å². The summed E-state index contributed by atoms with van der Waals surface area (Å²) in [5.74, 6) is -0.970. The van der Waals surface area contributed by atoms with E-state index in [0.717, 1.165) is 12.8 Å². The van der Waals surface area contributed by atoms with Crippen LogP contribution < -0.4 is 5.32 Å². The number of aromatic carboxylic acids is 1. The lowest BCUT2D eigenvalue weighted by Crippen LogP contribution is -2.39. The molecule has 1 aliphatic rings. The van der Waals surface area contributed by atoms with Crippen LogP contribution in [0.5, 0.6) is 0 Å². The van der Waals surface area contributed by atoms with Crippen molar-refractivity contribution in [3.63, 3.8) is 0 Å². The van der Waals surface area contributed by atoms with Crippen LogP contribution in [0.2, 0.25) is 0 Å². The molecule has 0 unspecified atom stereocenters. The van der Waals surface area contributed by atoms with Crippen molar-refractivity contribution in [2.45, 2.75) is 43.9 Å². The molecule has 2 N–H and O–H groups in total. The van der Waals surface area contributed by atoms with Crippen LogP contribution in [0.15, 0.2) is 54.6 Å². The summed E-state index contributed by atoms with van der Waals surface area (Å²) in [6.07, 6.45) is 5.31. The van der Waals surface area contributed by atoms with Crippen molar-refractivity contribution >= 4 is 11.9 Å². The van der Waals surface area contributed by atoms with Gasteiger partial charge in [0.05, 0.1) is 5.56 Å². The molecule has 0 atom stereocenters. The number of amides is 1. The minimum absolute atomic E-state index is 0.0209. The first-order valence-corrected chi connectivity index (χ1v) is 9.24. The lowest BCUT2D eigenvalue weighted by atomic mass is 9.79. The average Bonchev–Trinajstić information content (AvgIpc) is 3.16. The molecule has 2 aromatic rings. The highest BCUT2D eigenvalue weighted by Crippen LogP contribution is 2.40. The minimum atomic E-state index is -0.949. The summed E-state index contributed by atoms with van der Waals surface area (Å²) in [7, 11) is 0. The van der Waals surface area contributed by atoms with E-state index in [1.807, 2.05) is 12.1 Å². The third-order valence-electron chi connectivity index (χ3n) is 5.44. The molecule has 1 aliphatic carbocycles. The van der Waals surface area contributed by atoms with Crippen LogP contribution in [-0.4, -0.2) is 23.5 Å². The maximum Gasteiger partial charge on any atom is 0.335 e. The van der Waals surface area contributed by atoms with Gasteiger partial charge >= 0.3 is 5.97 Å². The van der Waals surface area contributed by atoms with Crippen molar-refractivity contribution in [2.75, 3.05) is 6.54 Å². The summed E-state index contributed by atoms with van der Waals surface area (Å²) in [6.45, 7) is 0.649. The van der Waals surface area contributed by atoms with Crippen molar-refractivity contribution < 1.29 is 14.7 Å². The Bertz CT molecular complexity index is 764. The fourth-order valence-electron chi connectivity index (χ4n) is 3.96. The van der Waals surface area contributed by atoms with E-state index >= 15 is 0 Å². The van der Waals surface area contributed by atoms with Gasteiger partial charge in [0.25, 0.3) is 0 Å². The summed E-state index contributed by atoms with van der Waals surface area (Å²) in [5, 5.41) is 12.3. The van der Waals surface area contributed by atoms with Crippen molar-refractivity contribution in [3.8, 4) is 0 Å². The van der Waals surface area contributed by atoms with E-state index in [1.54, 1.807) is 18.2 Å². The Morgan fingerprint density at radius 1 is 0.962 bits per heavy atom. The highest BCUT2D eigenvalue weighted by Gasteiger charge is 2.35. The largest absolute Gasteiger partial charge is 0.478 e. The zero-order valence-corrected chi connectivity index (χ0v) is 14.9. The molecule has 0 bridgehead atoms. The van der Waals surface area contributed by atoms with Gasteiger partial charge in [-0.1, -0.05) is 61.4 Å². The molecular weight excluding hydrogens is 326 g/mol. The molecule has 1 amide bonds. The number of carboxylic acid groups (broad SMARTS) is 1. The standard InChI is InChI=1S/C22H25NO3/c24-20(13-12-17-8-4-5-11-19(17)21(25)26)23-16-22(14-6-7-15-22)18-9-2-1-3-10-18/h1-5,8-11H,6-7,12-16H2,(H,23,24)(H,25,26). The van der Waals surface area contributed by atoms with Crippen LogP contribution in [-0.2, 0) is 16.6 Å². The van der Waals surface area contributed by atoms with E-state index in [2.05, 4.69) is 29.6 Å². The highest BCUT2D eigenvalue weighted by molar-refractivity contribution is 5.89. The number of nitrogens with one attached hydrogen (secondary N) is 1. The molecule has 3 rings (SSSR count). The van der Waals surface area contributed by atoms with Gasteiger partial charge in [-0.05, 0) is 36.5 Å². The third kappa shape index (κ3) is 4.13.